The van der Waals surface area contributed by atoms with Crippen LogP contribution >= 0.6 is 0 Å². The predicted molar refractivity (Wildman–Crippen MR) is 95.7 cm³/mol. The Hall–Kier alpha value is -1.83. The standard InChI is InChI=1S/C20H28N2/c1-6-22(7-2)19-15-21-13-12-17(19)14-16-8-10-18(11-9-16)20(3,4)5/h8-13,15H,6-7,14H2,1-5H3. The maximum atomic E-state index is 4.31. The van der Waals surface area contributed by atoms with Gasteiger partial charge in [-0.2, -0.15) is 0 Å². The highest BCUT2D eigenvalue weighted by Crippen LogP contribution is 2.25. The van der Waals surface area contributed by atoms with Crippen molar-refractivity contribution in [3.8, 4) is 0 Å². The van der Waals surface area contributed by atoms with Crippen molar-refractivity contribution in [1.82, 2.24) is 4.98 Å². The average Bonchev–Trinajstić information content (AvgIpc) is 2.50. The molecule has 0 bridgehead atoms. The van der Waals surface area contributed by atoms with Crippen molar-refractivity contribution >= 4 is 5.69 Å². The molecule has 118 valence electrons. The molecule has 1 aromatic heterocycles. The third-order valence-electron chi connectivity index (χ3n) is 4.21. The molecule has 1 heterocycles. The summed E-state index contributed by atoms with van der Waals surface area (Å²) in [6, 6.07) is 11.2. The van der Waals surface area contributed by atoms with E-state index in [9.17, 15) is 0 Å². The van der Waals surface area contributed by atoms with Gasteiger partial charge >= 0.3 is 0 Å². The minimum absolute atomic E-state index is 0.210. The Morgan fingerprint density at radius 2 is 1.59 bits per heavy atom. The fourth-order valence-corrected chi connectivity index (χ4v) is 2.76. The minimum atomic E-state index is 0.210. The summed E-state index contributed by atoms with van der Waals surface area (Å²) in [6.07, 6.45) is 4.84. The van der Waals surface area contributed by atoms with E-state index in [1.165, 1.54) is 22.4 Å². The van der Waals surface area contributed by atoms with E-state index >= 15 is 0 Å². The van der Waals surface area contributed by atoms with Crippen LogP contribution in [0.5, 0.6) is 0 Å². The molecular formula is C20H28N2. The van der Waals surface area contributed by atoms with Gasteiger partial charge in [-0.1, -0.05) is 45.0 Å². The number of nitrogens with zero attached hydrogens (tertiary/aromatic N) is 2. The molecule has 2 rings (SSSR count). The van der Waals surface area contributed by atoms with Crippen LogP contribution in [0.4, 0.5) is 5.69 Å². The second kappa shape index (κ2) is 6.95. The Labute approximate surface area is 135 Å². The van der Waals surface area contributed by atoms with Crippen LogP contribution in [-0.4, -0.2) is 18.1 Å². The van der Waals surface area contributed by atoms with E-state index in [0.717, 1.165) is 19.5 Å². The lowest BCUT2D eigenvalue weighted by atomic mass is 9.86. The highest BCUT2D eigenvalue weighted by Gasteiger charge is 2.13. The van der Waals surface area contributed by atoms with Crippen LogP contribution in [0.25, 0.3) is 0 Å². The molecule has 0 spiro atoms. The Morgan fingerprint density at radius 3 is 2.14 bits per heavy atom. The molecule has 0 unspecified atom stereocenters. The molecule has 0 fully saturated rings. The largest absolute Gasteiger partial charge is 0.371 e. The van der Waals surface area contributed by atoms with E-state index in [-0.39, 0.29) is 5.41 Å². The molecule has 1 aromatic carbocycles. The van der Waals surface area contributed by atoms with Gasteiger partial charge in [-0.15, -0.1) is 0 Å². The number of aromatic nitrogens is 1. The number of hydrogen-bond donors (Lipinski definition) is 0. The first-order chi connectivity index (χ1) is 10.5. The van der Waals surface area contributed by atoms with Crippen molar-refractivity contribution in [3.05, 3.63) is 59.4 Å². The zero-order valence-corrected chi connectivity index (χ0v) is 14.6. The Bertz CT molecular complexity index is 590. The van der Waals surface area contributed by atoms with E-state index in [2.05, 4.69) is 74.8 Å². The summed E-state index contributed by atoms with van der Waals surface area (Å²) in [4.78, 5) is 6.68. The molecule has 0 aliphatic heterocycles. The van der Waals surface area contributed by atoms with Crippen molar-refractivity contribution < 1.29 is 0 Å². The number of pyridine rings is 1. The summed E-state index contributed by atoms with van der Waals surface area (Å²) in [5, 5.41) is 0. The first kappa shape index (κ1) is 16.5. The van der Waals surface area contributed by atoms with Crippen LogP contribution in [0.15, 0.2) is 42.7 Å². The zero-order valence-electron chi connectivity index (χ0n) is 14.6. The van der Waals surface area contributed by atoms with E-state index < -0.39 is 0 Å². The summed E-state index contributed by atoms with van der Waals surface area (Å²) >= 11 is 0. The van der Waals surface area contributed by atoms with Gasteiger partial charge in [0.2, 0.25) is 0 Å². The maximum Gasteiger partial charge on any atom is 0.0588 e. The molecular weight excluding hydrogens is 268 g/mol. The lowest BCUT2D eigenvalue weighted by molar-refractivity contribution is 0.590. The molecule has 22 heavy (non-hydrogen) atoms. The summed E-state index contributed by atoms with van der Waals surface area (Å²) in [5.74, 6) is 0. The van der Waals surface area contributed by atoms with Crippen LogP contribution < -0.4 is 4.90 Å². The van der Waals surface area contributed by atoms with Crippen molar-refractivity contribution in [1.29, 1.82) is 0 Å². The predicted octanol–water partition coefficient (Wildman–Crippen LogP) is 4.82. The smallest absolute Gasteiger partial charge is 0.0588 e. The van der Waals surface area contributed by atoms with Gasteiger partial charge in [0.25, 0.3) is 0 Å². The first-order valence-corrected chi connectivity index (χ1v) is 8.23. The monoisotopic (exact) mass is 296 g/mol. The Kier molecular flexibility index (Phi) is 5.23. The molecule has 2 nitrogen and oxygen atoms in total. The van der Waals surface area contributed by atoms with Crippen LogP contribution in [0.2, 0.25) is 0 Å². The fourth-order valence-electron chi connectivity index (χ4n) is 2.76. The zero-order chi connectivity index (χ0) is 16.2. The van der Waals surface area contributed by atoms with Gasteiger partial charge in [-0.3, -0.25) is 4.98 Å². The highest BCUT2D eigenvalue weighted by molar-refractivity contribution is 5.53. The molecule has 2 aromatic rings. The average molecular weight is 296 g/mol. The summed E-state index contributed by atoms with van der Waals surface area (Å²) in [5.41, 5.74) is 5.55. The molecule has 0 aliphatic rings. The Morgan fingerprint density at radius 1 is 0.955 bits per heavy atom. The van der Waals surface area contributed by atoms with Gasteiger partial charge < -0.3 is 4.90 Å². The third kappa shape index (κ3) is 3.88. The molecule has 0 atom stereocenters. The van der Waals surface area contributed by atoms with E-state index in [0.29, 0.717) is 0 Å². The third-order valence-corrected chi connectivity index (χ3v) is 4.21. The van der Waals surface area contributed by atoms with Crippen LogP contribution in [-0.2, 0) is 11.8 Å². The van der Waals surface area contributed by atoms with Gasteiger partial charge in [-0.25, -0.2) is 0 Å². The maximum absolute atomic E-state index is 4.31. The molecule has 0 amide bonds. The lowest BCUT2D eigenvalue weighted by Gasteiger charge is -2.24. The molecule has 0 saturated heterocycles. The summed E-state index contributed by atoms with van der Waals surface area (Å²) in [6.45, 7) is 13.2. The lowest BCUT2D eigenvalue weighted by Crippen LogP contribution is -2.23. The fraction of sp³-hybridized carbons (Fsp3) is 0.450. The number of anilines is 1. The van der Waals surface area contributed by atoms with Gasteiger partial charge in [0, 0.05) is 19.3 Å². The number of hydrogen-bond acceptors (Lipinski definition) is 2. The van der Waals surface area contributed by atoms with Crippen LogP contribution in [0.3, 0.4) is 0 Å². The molecule has 0 saturated carbocycles. The number of benzene rings is 1. The van der Waals surface area contributed by atoms with E-state index in [1.54, 1.807) is 0 Å². The topological polar surface area (TPSA) is 16.1 Å². The summed E-state index contributed by atoms with van der Waals surface area (Å²) in [7, 11) is 0. The quantitative estimate of drug-likeness (QED) is 0.786. The van der Waals surface area contributed by atoms with Gasteiger partial charge in [0.15, 0.2) is 0 Å². The Balaban J connectivity index is 2.24. The SMILES string of the molecule is CCN(CC)c1cnccc1Cc1ccc(C(C)(C)C)cc1. The van der Waals surface area contributed by atoms with Crippen molar-refractivity contribution in [2.75, 3.05) is 18.0 Å². The molecule has 0 aliphatic carbocycles. The van der Waals surface area contributed by atoms with E-state index in [1.807, 2.05) is 12.4 Å². The molecule has 2 heteroatoms. The van der Waals surface area contributed by atoms with Crippen LogP contribution in [0.1, 0.15) is 51.3 Å². The first-order valence-electron chi connectivity index (χ1n) is 8.23. The number of rotatable bonds is 5. The molecule has 0 radical (unpaired) electrons. The normalized spacial score (nSPS) is 11.5. The van der Waals surface area contributed by atoms with Gasteiger partial charge in [0.1, 0.15) is 0 Å². The van der Waals surface area contributed by atoms with Crippen molar-refractivity contribution in [3.63, 3.8) is 0 Å². The minimum Gasteiger partial charge on any atom is -0.371 e. The highest BCUT2D eigenvalue weighted by atomic mass is 15.1. The van der Waals surface area contributed by atoms with E-state index in [4.69, 9.17) is 0 Å². The summed E-state index contributed by atoms with van der Waals surface area (Å²) < 4.78 is 0. The second-order valence-corrected chi connectivity index (χ2v) is 6.80. The van der Waals surface area contributed by atoms with Gasteiger partial charge in [0.05, 0.1) is 11.9 Å². The van der Waals surface area contributed by atoms with Crippen molar-refractivity contribution in [2.24, 2.45) is 0 Å². The van der Waals surface area contributed by atoms with Gasteiger partial charge in [-0.05, 0) is 48.4 Å². The second-order valence-electron chi connectivity index (χ2n) is 6.80. The molecule has 0 N–H and O–H groups in total. The van der Waals surface area contributed by atoms with Crippen molar-refractivity contribution in [2.45, 2.75) is 46.5 Å². The van der Waals surface area contributed by atoms with Crippen LogP contribution in [0, 0.1) is 0 Å².